The fourth-order valence-corrected chi connectivity index (χ4v) is 1.52. The van der Waals surface area contributed by atoms with Gasteiger partial charge < -0.3 is 15.4 Å². The average molecular weight is 353 g/mol. The number of urea groups is 1. The smallest absolute Gasteiger partial charge is 0.330 e. The maximum atomic E-state index is 11.5. The van der Waals surface area contributed by atoms with Gasteiger partial charge >= 0.3 is 12.0 Å². The van der Waals surface area contributed by atoms with Crippen LogP contribution in [-0.2, 0) is 9.53 Å². The van der Waals surface area contributed by atoms with Crippen LogP contribution in [0.5, 0.6) is 0 Å². The van der Waals surface area contributed by atoms with E-state index in [4.69, 9.17) is 4.74 Å². The van der Waals surface area contributed by atoms with E-state index in [1.807, 2.05) is 0 Å². The van der Waals surface area contributed by atoms with E-state index in [2.05, 4.69) is 33.1 Å². The first kappa shape index (κ1) is 17.0. The predicted octanol–water partition coefficient (Wildman–Crippen LogP) is 3.29. The Balaban J connectivity index is 2.52. The Morgan fingerprint density at radius 2 is 2.00 bits per heavy atom. The number of ether oxygens (including phenoxy) is 1. The normalized spacial score (nSPS) is 10.2. The van der Waals surface area contributed by atoms with Gasteiger partial charge in [0, 0.05) is 16.2 Å². The first-order valence-corrected chi connectivity index (χ1v) is 7.13. The molecule has 0 aliphatic carbocycles. The molecule has 0 heterocycles. The molecular weight excluding hydrogens is 336 g/mol. The van der Waals surface area contributed by atoms with Gasteiger partial charge in [0.15, 0.2) is 0 Å². The van der Waals surface area contributed by atoms with E-state index < -0.39 is 0 Å². The van der Waals surface area contributed by atoms with E-state index in [-0.39, 0.29) is 12.0 Å². The molecule has 6 heteroatoms. The van der Waals surface area contributed by atoms with Crippen molar-refractivity contribution in [1.29, 1.82) is 0 Å². The van der Waals surface area contributed by atoms with Crippen LogP contribution in [0.1, 0.15) is 12.5 Å². The van der Waals surface area contributed by atoms with Crippen LogP contribution in [0.2, 0.25) is 0 Å². The number of halogens is 1. The topological polar surface area (TPSA) is 67.4 Å². The number of benzene rings is 1. The molecule has 0 aliphatic heterocycles. The van der Waals surface area contributed by atoms with Crippen LogP contribution in [0.4, 0.5) is 10.5 Å². The Bertz CT molecular complexity index is 538. The monoisotopic (exact) mass is 352 g/mol. The lowest BCUT2D eigenvalue weighted by molar-refractivity contribution is -0.137. The van der Waals surface area contributed by atoms with Crippen LogP contribution in [0, 0.1) is 0 Å². The minimum atomic E-state index is -0.380. The van der Waals surface area contributed by atoms with Crippen molar-refractivity contribution in [1.82, 2.24) is 5.32 Å². The van der Waals surface area contributed by atoms with Gasteiger partial charge in [-0.2, -0.15) is 0 Å². The summed E-state index contributed by atoms with van der Waals surface area (Å²) in [5, 5.41) is 5.31. The molecular formula is C15H17BrN2O3. The Morgan fingerprint density at radius 1 is 1.33 bits per heavy atom. The number of rotatable bonds is 6. The second-order valence-electron chi connectivity index (χ2n) is 4.03. The van der Waals surface area contributed by atoms with E-state index in [1.165, 1.54) is 6.08 Å². The molecule has 0 atom stereocenters. The molecule has 2 N–H and O–H groups in total. The van der Waals surface area contributed by atoms with E-state index in [0.717, 1.165) is 5.56 Å². The van der Waals surface area contributed by atoms with Crippen LogP contribution >= 0.6 is 15.9 Å². The van der Waals surface area contributed by atoms with Gasteiger partial charge in [-0.3, -0.25) is 0 Å². The molecule has 0 saturated carbocycles. The second kappa shape index (κ2) is 8.97. The van der Waals surface area contributed by atoms with Crippen LogP contribution in [0.15, 0.2) is 41.4 Å². The lowest BCUT2D eigenvalue weighted by Gasteiger charge is -2.07. The van der Waals surface area contributed by atoms with Crippen molar-refractivity contribution in [3.05, 3.63) is 47.0 Å². The first-order valence-electron chi connectivity index (χ1n) is 6.34. The fraction of sp³-hybridized carbons (Fsp3) is 0.200. The van der Waals surface area contributed by atoms with Crippen molar-refractivity contribution in [3.63, 3.8) is 0 Å². The summed E-state index contributed by atoms with van der Waals surface area (Å²) in [6.45, 7) is 6.08. The van der Waals surface area contributed by atoms with Gasteiger partial charge in [-0.25, -0.2) is 9.59 Å². The molecule has 5 nitrogen and oxygen atoms in total. The second-order valence-corrected chi connectivity index (χ2v) is 5.15. The maximum absolute atomic E-state index is 11.5. The summed E-state index contributed by atoms with van der Waals surface area (Å²) in [6, 6.07) is 6.75. The highest BCUT2D eigenvalue weighted by Crippen LogP contribution is 2.11. The summed E-state index contributed by atoms with van der Waals surface area (Å²) in [4.78, 5) is 22.7. The van der Waals surface area contributed by atoms with Gasteiger partial charge in [0.05, 0.1) is 13.2 Å². The van der Waals surface area contributed by atoms with Crippen molar-refractivity contribution in [2.75, 3.05) is 18.5 Å². The van der Waals surface area contributed by atoms with Gasteiger partial charge in [0.1, 0.15) is 0 Å². The quantitative estimate of drug-likeness (QED) is 0.609. The van der Waals surface area contributed by atoms with Crippen molar-refractivity contribution < 1.29 is 14.3 Å². The zero-order valence-corrected chi connectivity index (χ0v) is 13.3. The molecule has 2 amide bonds. The third kappa shape index (κ3) is 7.31. The Hall–Kier alpha value is -2.08. The number of carbonyl (C=O) groups is 2. The fourth-order valence-electron chi connectivity index (χ4n) is 1.38. The van der Waals surface area contributed by atoms with Crippen molar-refractivity contribution in [2.45, 2.75) is 6.92 Å². The van der Waals surface area contributed by atoms with Gasteiger partial charge in [-0.05, 0) is 30.7 Å². The molecule has 0 aromatic heterocycles. The van der Waals surface area contributed by atoms with Gasteiger partial charge in [0.25, 0.3) is 0 Å². The summed E-state index contributed by atoms with van der Waals surface area (Å²) in [5.74, 6) is -0.380. The van der Waals surface area contributed by atoms with Crippen LogP contribution < -0.4 is 10.6 Å². The number of amides is 2. The van der Waals surface area contributed by atoms with Crippen LogP contribution in [-0.4, -0.2) is 25.2 Å². The highest BCUT2D eigenvalue weighted by molar-refractivity contribution is 9.11. The molecule has 1 aromatic rings. The number of nitrogens with one attached hydrogen (secondary N) is 2. The number of esters is 1. The summed E-state index contributed by atoms with van der Waals surface area (Å²) < 4.78 is 5.48. The predicted molar refractivity (Wildman–Crippen MR) is 87.2 cm³/mol. The third-order valence-corrected chi connectivity index (χ3v) is 2.59. The summed E-state index contributed by atoms with van der Waals surface area (Å²) >= 11 is 3.16. The highest BCUT2D eigenvalue weighted by Gasteiger charge is 2.01. The van der Waals surface area contributed by atoms with Gasteiger partial charge in [-0.1, -0.05) is 34.6 Å². The average Bonchev–Trinajstić information content (AvgIpc) is 2.45. The van der Waals surface area contributed by atoms with Crippen LogP contribution in [0.25, 0.3) is 6.08 Å². The van der Waals surface area contributed by atoms with Crippen molar-refractivity contribution in [2.24, 2.45) is 0 Å². The first-order chi connectivity index (χ1) is 10.0. The lowest BCUT2D eigenvalue weighted by Crippen LogP contribution is -2.29. The maximum Gasteiger partial charge on any atom is 0.330 e. The third-order valence-electron chi connectivity index (χ3n) is 2.31. The van der Waals surface area contributed by atoms with Gasteiger partial charge in [0.2, 0.25) is 0 Å². The molecule has 0 spiro atoms. The van der Waals surface area contributed by atoms with E-state index >= 15 is 0 Å². The SMILES string of the molecule is C=C(Br)CNC(=O)Nc1ccc(/C=C/C(=O)OCC)cc1. The lowest BCUT2D eigenvalue weighted by atomic mass is 10.2. The summed E-state index contributed by atoms with van der Waals surface area (Å²) in [6.07, 6.45) is 3.01. The molecule has 1 aromatic carbocycles. The molecule has 0 saturated heterocycles. The highest BCUT2D eigenvalue weighted by atomic mass is 79.9. The zero-order valence-electron chi connectivity index (χ0n) is 11.7. The molecule has 0 aliphatic rings. The Kier molecular flexibility index (Phi) is 7.25. The standard InChI is InChI=1S/C15H17BrN2O3/c1-3-21-14(19)9-6-12-4-7-13(8-5-12)18-15(20)17-10-11(2)16/h4-9H,2-3,10H2,1H3,(H2,17,18,20)/b9-6+. The number of hydrogen-bond donors (Lipinski definition) is 2. The van der Waals surface area contributed by atoms with Crippen molar-refractivity contribution >= 4 is 39.7 Å². The molecule has 112 valence electrons. The van der Waals surface area contributed by atoms with E-state index in [9.17, 15) is 9.59 Å². The largest absolute Gasteiger partial charge is 0.463 e. The summed E-state index contributed by atoms with van der Waals surface area (Å²) in [5.41, 5.74) is 1.49. The molecule has 0 fully saturated rings. The van der Waals surface area contributed by atoms with E-state index in [0.29, 0.717) is 23.3 Å². The minimum absolute atomic E-state index is 0.314. The molecule has 1 rings (SSSR count). The number of carbonyl (C=O) groups excluding carboxylic acids is 2. The van der Waals surface area contributed by atoms with Crippen LogP contribution in [0.3, 0.4) is 0 Å². The Morgan fingerprint density at radius 3 is 2.57 bits per heavy atom. The molecule has 0 unspecified atom stereocenters. The van der Waals surface area contributed by atoms with E-state index in [1.54, 1.807) is 37.3 Å². The number of anilines is 1. The van der Waals surface area contributed by atoms with Crippen molar-refractivity contribution in [3.8, 4) is 0 Å². The molecule has 0 radical (unpaired) electrons. The summed E-state index contributed by atoms with van der Waals surface area (Å²) in [7, 11) is 0. The molecule has 21 heavy (non-hydrogen) atoms. The Labute approximate surface area is 132 Å². The van der Waals surface area contributed by atoms with Gasteiger partial charge in [-0.15, -0.1) is 0 Å². The minimum Gasteiger partial charge on any atom is -0.463 e. The zero-order chi connectivity index (χ0) is 15.7. The molecule has 0 bridgehead atoms. The number of hydrogen-bond acceptors (Lipinski definition) is 3.